The van der Waals surface area contributed by atoms with Gasteiger partial charge in [0.2, 0.25) is 0 Å². The Kier molecular flexibility index (Phi) is 5.59. The fourth-order valence-corrected chi connectivity index (χ4v) is 3.54. The van der Waals surface area contributed by atoms with Gasteiger partial charge in [-0.15, -0.1) is 0 Å². The second-order valence-electron chi connectivity index (χ2n) is 6.28. The van der Waals surface area contributed by atoms with Gasteiger partial charge in [0.15, 0.2) is 0 Å². The Morgan fingerprint density at radius 3 is 2.48 bits per heavy atom. The van der Waals surface area contributed by atoms with E-state index >= 15 is 0 Å². The van der Waals surface area contributed by atoms with Gasteiger partial charge in [-0.1, -0.05) is 25.7 Å². The van der Waals surface area contributed by atoms with E-state index in [1.807, 2.05) is 13.1 Å². The lowest BCUT2D eigenvalue weighted by Crippen LogP contribution is -2.52. The highest BCUT2D eigenvalue weighted by Crippen LogP contribution is 2.40. The maximum Gasteiger partial charge on any atom is 0.137 e. The van der Waals surface area contributed by atoms with Gasteiger partial charge in [-0.05, 0) is 45.5 Å². The first-order valence-electron chi connectivity index (χ1n) is 8.11. The lowest BCUT2D eigenvalue weighted by molar-refractivity contribution is 0.0966. The van der Waals surface area contributed by atoms with Crippen LogP contribution >= 0.6 is 0 Å². The fourth-order valence-electron chi connectivity index (χ4n) is 3.54. The highest BCUT2D eigenvalue weighted by Gasteiger charge is 2.40. The van der Waals surface area contributed by atoms with E-state index in [-0.39, 0.29) is 11.6 Å². The molecule has 2 rings (SSSR count). The van der Waals surface area contributed by atoms with Crippen molar-refractivity contribution in [1.82, 2.24) is 9.88 Å². The minimum Gasteiger partial charge on any atom is -0.492 e. The second kappa shape index (κ2) is 7.23. The molecule has 21 heavy (non-hydrogen) atoms. The first kappa shape index (κ1) is 16.2. The molecule has 118 valence electrons. The Morgan fingerprint density at radius 2 is 1.90 bits per heavy atom. The molecule has 0 aromatic carbocycles. The largest absolute Gasteiger partial charge is 0.492 e. The summed E-state index contributed by atoms with van der Waals surface area (Å²) in [7, 11) is 4.32. The van der Waals surface area contributed by atoms with Gasteiger partial charge in [0.1, 0.15) is 5.75 Å². The summed E-state index contributed by atoms with van der Waals surface area (Å²) in [5, 5.41) is 0. The van der Waals surface area contributed by atoms with Gasteiger partial charge < -0.3 is 15.4 Å². The lowest BCUT2D eigenvalue weighted by atomic mass is 9.79. The minimum atomic E-state index is -0.0292. The van der Waals surface area contributed by atoms with E-state index in [9.17, 15) is 0 Å². The van der Waals surface area contributed by atoms with Crippen LogP contribution in [0.25, 0.3) is 0 Å². The van der Waals surface area contributed by atoms with Gasteiger partial charge in [-0.3, -0.25) is 4.98 Å². The summed E-state index contributed by atoms with van der Waals surface area (Å²) in [6, 6.07) is 2.02. The Hall–Kier alpha value is -1.13. The molecule has 0 bridgehead atoms. The summed E-state index contributed by atoms with van der Waals surface area (Å²) >= 11 is 0. The van der Waals surface area contributed by atoms with Crippen LogP contribution in [0.5, 0.6) is 5.75 Å². The van der Waals surface area contributed by atoms with Crippen molar-refractivity contribution in [2.45, 2.75) is 57.0 Å². The zero-order chi connectivity index (χ0) is 15.3. The monoisotopic (exact) mass is 291 g/mol. The Labute approximate surface area is 128 Å². The van der Waals surface area contributed by atoms with Crippen LogP contribution in [0.4, 0.5) is 0 Å². The number of hydrogen-bond acceptors (Lipinski definition) is 4. The van der Waals surface area contributed by atoms with Crippen molar-refractivity contribution in [1.29, 1.82) is 0 Å². The molecule has 1 fully saturated rings. The van der Waals surface area contributed by atoms with Crippen molar-refractivity contribution in [3.8, 4) is 5.75 Å². The first-order chi connectivity index (χ1) is 10.1. The summed E-state index contributed by atoms with van der Waals surface area (Å²) < 4.78 is 5.57. The number of nitrogens with two attached hydrogens (primary N) is 1. The van der Waals surface area contributed by atoms with Crippen LogP contribution in [0.3, 0.4) is 0 Å². The van der Waals surface area contributed by atoms with Gasteiger partial charge in [-0.2, -0.15) is 0 Å². The zero-order valence-electron chi connectivity index (χ0n) is 13.6. The number of pyridine rings is 1. The topological polar surface area (TPSA) is 51.4 Å². The zero-order valence-corrected chi connectivity index (χ0v) is 13.6. The van der Waals surface area contributed by atoms with Crippen molar-refractivity contribution in [3.63, 3.8) is 0 Å². The fraction of sp³-hybridized carbons (Fsp3) is 0.706. The van der Waals surface area contributed by atoms with Gasteiger partial charge in [0.05, 0.1) is 12.8 Å². The lowest BCUT2D eigenvalue weighted by Gasteiger charge is -2.44. The Balaban J connectivity index is 2.29. The molecular weight excluding hydrogens is 262 g/mol. The van der Waals surface area contributed by atoms with E-state index in [4.69, 9.17) is 10.5 Å². The number of ether oxygens (including phenoxy) is 1. The van der Waals surface area contributed by atoms with Gasteiger partial charge in [0, 0.05) is 17.8 Å². The van der Waals surface area contributed by atoms with E-state index in [1.165, 1.54) is 25.7 Å². The third-order valence-corrected chi connectivity index (χ3v) is 4.84. The van der Waals surface area contributed by atoms with Crippen molar-refractivity contribution in [3.05, 3.63) is 24.0 Å². The summed E-state index contributed by atoms with van der Waals surface area (Å²) in [5.74, 6) is 0.813. The Bertz CT molecular complexity index is 439. The number of rotatable bonds is 5. The number of nitrogens with zero attached hydrogens (tertiary/aromatic N) is 2. The molecule has 1 unspecified atom stereocenters. The standard InChI is InChI=1S/C17H29N3O/c1-4-21-15-11-14(12-19-13-15)16(18)17(20(2)3)9-7-5-6-8-10-17/h11-13,16H,4-10,18H2,1-3H3. The van der Waals surface area contributed by atoms with Crippen molar-refractivity contribution in [2.24, 2.45) is 5.73 Å². The van der Waals surface area contributed by atoms with Crippen LogP contribution < -0.4 is 10.5 Å². The maximum absolute atomic E-state index is 6.70. The van der Waals surface area contributed by atoms with Crippen molar-refractivity contribution in [2.75, 3.05) is 20.7 Å². The summed E-state index contributed by atoms with van der Waals surface area (Å²) in [6.07, 6.45) is 11.1. The molecule has 1 atom stereocenters. The molecule has 0 spiro atoms. The van der Waals surface area contributed by atoms with Crippen LogP contribution in [-0.2, 0) is 0 Å². The molecule has 0 amide bonds. The molecule has 1 aliphatic rings. The van der Waals surface area contributed by atoms with E-state index in [0.29, 0.717) is 6.61 Å². The summed E-state index contributed by atoms with van der Waals surface area (Å²) in [4.78, 5) is 6.64. The molecule has 1 aromatic heterocycles. The normalized spacial score (nSPS) is 20.0. The summed E-state index contributed by atoms with van der Waals surface area (Å²) in [5.41, 5.74) is 7.81. The smallest absolute Gasteiger partial charge is 0.137 e. The van der Waals surface area contributed by atoms with E-state index in [1.54, 1.807) is 6.20 Å². The van der Waals surface area contributed by atoms with Crippen molar-refractivity contribution < 1.29 is 4.74 Å². The molecule has 2 N–H and O–H groups in total. The molecule has 0 radical (unpaired) electrons. The highest BCUT2D eigenvalue weighted by molar-refractivity contribution is 5.28. The van der Waals surface area contributed by atoms with Crippen LogP contribution in [0.2, 0.25) is 0 Å². The van der Waals surface area contributed by atoms with Gasteiger partial charge in [0.25, 0.3) is 0 Å². The Morgan fingerprint density at radius 1 is 1.24 bits per heavy atom. The minimum absolute atomic E-state index is 0.0292. The average molecular weight is 291 g/mol. The number of hydrogen-bond donors (Lipinski definition) is 1. The van der Waals surface area contributed by atoms with Crippen LogP contribution in [0.1, 0.15) is 57.1 Å². The molecule has 0 aliphatic heterocycles. The molecule has 4 heteroatoms. The quantitative estimate of drug-likeness (QED) is 0.847. The van der Waals surface area contributed by atoms with Crippen LogP contribution in [0, 0.1) is 0 Å². The third-order valence-electron chi connectivity index (χ3n) is 4.84. The van der Waals surface area contributed by atoms with E-state index < -0.39 is 0 Å². The molecule has 1 aliphatic carbocycles. The highest BCUT2D eigenvalue weighted by atomic mass is 16.5. The van der Waals surface area contributed by atoms with Gasteiger partial charge in [-0.25, -0.2) is 0 Å². The molecule has 1 saturated carbocycles. The predicted octanol–water partition coefficient (Wildman–Crippen LogP) is 3.13. The number of aromatic nitrogens is 1. The first-order valence-corrected chi connectivity index (χ1v) is 8.11. The summed E-state index contributed by atoms with van der Waals surface area (Å²) in [6.45, 7) is 2.64. The second-order valence-corrected chi connectivity index (χ2v) is 6.28. The predicted molar refractivity (Wildman–Crippen MR) is 86.5 cm³/mol. The van der Waals surface area contributed by atoms with Crippen LogP contribution in [-0.4, -0.2) is 36.1 Å². The average Bonchev–Trinajstić information content (AvgIpc) is 2.74. The van der Waals surface area contributed by atoms with E-state index in [2.05, 4.69) is 30.0 Å². The molecule has 4 nitrogen and oxygen atoms in total. The molecular formula is C17H29N3O. The number of likely N-dealkylation sites (N-methyl/N-ethyl adjacent to an activating group) is 1. The molecule has 1 aromatic rings. The van der Waals surface area contributed by atoms with E-state index in [0.717, 1.165) is 24.2 Å². The third kappa shape index (κ3) is 3.55. The maximum atomic E-state index is 6.70. The van der Waals surface area contributed by atoms with Crippen LogP contribution in [0.15, 0.2) is 18.5 Å². The van der Waals surface area contributed by atoms with Gasteiger partial charge >= 0.3 is 0 Å². The molecule has 1 heterocycles. The SMILES string of the molecule is CCOc1cncc(C(N)C2(N(C)C)CCCCCC2)c1. The molecule has 0 saturated heterocycles. The van der Waals surface area contributed by atoms with Crippen molar-refractivity contribution >= 4 is 0 Å².